The van der Waals surface area contributed by atoms with Crippen LogP contribution in [0.3, 0.4) is 0 Å². The molecule has 1 unspecified atom stereocenters. The van der Waals surface area contributed by atoms with Crippen LogP contribution in [-0.2, 0) is 0 Å². The second kappa shape index (κ2) is 6.39. The summed E-state index contributed by atoms with van der Waals surface area (Å²) in [7, 11) is 3.90. The summed E-state index contributed by atoms with van der Waals surface area (Å²) in [4.78, 5) is 20.4. The zero-order valence-corrected chi connectivity index (χ0v) is 12.5. The minimum Gasteiger partial charge on any atom is -0.340 e. The van der Waals surface area contributed by atoms with Gasteiger partial charge < -0.3 is 15.2 Å². The van der Waals surface area contributed by atoms with Crippen molar-refractivity contribution in [3.05, 3.63) is 22.8 Å². The molecule has 1 aliphatic heterocycles. The Morgan fingerprint density at radius 3 is 3.00 bits per heavy atom. The van der Waals surface area contributed by atoms with Crippen LogP contribution in [-0.4, -0.2) is 53.9 Å². The quantitative estimate of drug-likeness (QED) is 0.645. The molecule has 2 rings (SSSR count). The lowest BCUT2D eigenvalue weighted by molar-refractivity contribution is 0.0761. The molecule has 0 saturated carbocycles. The van der Waals surface area contributed by atoms with E-state index in [0.29, 0.717) is 29.0 Å². The van der Waals surface area contributed by atoms with Gasteiger partial charge in [0, 0.05) is 25.8 Å². The second-order valence-corrected chi connectivity index (χ2v) is 5.57. The van der Waals surface area contributed by atoms with Gasteiger partial charge in [-0.3, -0.25) is 4.79 Å². The number of nitrogen functional groups attached to an aromatic ring is 1. The van der Waals surface area contributed by atoms with Gasteiger partial charge >= 0.3 is 0 Å². The number of pyridine rings is 1. The predicted molar refractivity (Wildman–Crippen MR) is 79.7 cm³/mol. The molecule has 0 bridgehead atoms. The average molecular weight is 298 g/mol. The predicted octanol–water partition coefficient (Wildman–Crippen LogP) is 1.19. The number of nitrogens with zero attached hydrogens (tertiary/aromatic N) is 3. The van der Waals surface area contributed by atoms with Gasteiger partial charge in [0.15, 0.2) is 5.82 Å². The molecular weight excluding hydrogens is 278 g/mol. The number of carbonyl (C=O) groups is 1. The van der Waals surface area contributed by atoms with E-state index >= 15 is 0 Å². The number of amides is 1. The maximum absolute atomic E-state index is 12.3. The minimum atomic E-state index is -0.0803. The second-order valence-electron chi connectivity index (χ2n) is 5.16. The minimum absolute atomic E-state index is 0.0803. The van der Waals surface area contributed by atoms with Crippen molar-refractivity contribution in [3.63, 3.8) is 0 Å². The Bertz CT molecular complexity index is 496. The summed E-state index contributed by atoms with van der Waals surface area (Å²) in [6, 6.07) is 2.01. The molecule has 3 N–H and O–H groups in total. The van der Waals surface area contributed by atoms with Gasteiger partial charge in [-0.2, -0.15) is 0 Å². The van der Waals surface area contributed by atoms with Gasteiger partial charge in [-0.15, -0.1) is 0 Å². The van der Waals surface area contributed by atoms with E-state index in [9.17, 15) is 4.79 Å². The van der Waals surface area contributed by atoms with Crippen molar-refractivity contribution in [3.8, 4) is 0 Å². The Balaban J connectivity index is 2.04. The summed E-state index contributed by atoms with van der Waals surface area (Å²) in [5.41, 5.74) is 2.85. The first-order chi connectivity index (χ1) is 9.52. The number of likely N-dealkylation sites (tertiary alicyclic amines) is 1. The van der Waals surface area contributed by atoms with Gasteiger partial charge in [0.2, 0.25) is 0 Å². The first kappa shape index (κ1) is 15.0. The topological polar surface area (TPSA) is 74.5 Å². The summed E-state index contributed by atoms with van der Waals surface area (Å²) < 4.78 is 0. The normalized spacial score (nSPS) is 19.1. The molecule has 0 aliphatic carbocycles. The van der Waals surface area contributed by atoms with Gasteiger partial charge in [-0.1, -0.05) is 11.6 Å². The molecule has 110 valence electrons. The van der Waals surface area contributed by atoms with E-state index in [1.165, 1.54) is 12.6 Å². The van der Waals surface area contributed by atoms with Crippen molar-refractivity contribution in [1.29, 1.82) is 0 Å². The number of anilines is 1. The Morgan fingerprint density at radius 1 is 1.70 bits per heavy atom. The van der Waals surface area contributed by atoms with E-state index in [4.69, 9.17) is 17.4 Å². The lowest BCUT2D eigenvalue weighted by atomic mass is 10.2. The highest BCUT2D eigenvalue weighted by Gasteiger charge is 2.24. The molecule has 0 radical (unpaired) electrons. The number of rotatable bonds is 4. The van der Waals surface area contributed by atoms with Crippen LogP contribution >= 0.6 is 11.6 Å². The molecular formula is C13H20ClN5O. The molecule has 1 aliphatic rings. The maximum atomic E-state index is 12.3. The van der Waals surface area contributed by atoms with Crippen LogP contribution in [0.4, 0.5) is 5.82 Å². The Hall–Kier alpha value is -1.37. The Morgan fingerprint density at radius 2 is 2.45 bits per heavy atom. The van der Waals surface area contributed by atoms with Crippen molar-refractivity contribution in [2.75, 3.05) is 32.6 Å². The first-order valence-corrected chi connectivity index (χ1v) is 6.98. The zero-order valence-electron chi connectivity index (χ0n) is 11.8. The zero-order chi connectivity index (χ0) is 14.7. The number of nitrogens with one attached hydrogen (secondary N) is 1. The van der Waals surface area contributed by atoms with Crippen molar-refractivity contribution in [2.24, 2.45) is 5.84 Å². The van der Waals surface area contributed by atoms with Crippen molar-refractivity contribution in [1.82, 2.24) is 14.8 Å². The lowest BCUT2D eigenvalue weighted by Gasteiger charge is -2.26. The monoisotopic (exact) mass is 297 g/mol. The van der Waals surface area contributed by atoms with Crippen LogP contribution in [0.15, 0.2) is 12.3 Å². The third-order valence-corrected chi connectivity index (χ3v) is 4.02. The Kier molecular flexibility index (Phi) is 4.80. The SMILES string of the molecule is CN(CC1CCCN1C)C(=O)c1cnc(NN)c(Cl)c1. The molecule has 6 nitrogen and oxygen atoms in total. The third-order valence-electron chi connectivity index (χ3n) is 3.73. The molecule has 1 aromatic heterocycles. The van der Waals surface area contributed by atoms with E-state index < -0.39 is 0 Å². The van der Waals surface area contributed by atoms with Gasteiger partial charge in [0.05, 0.1) is 10.6 Å². The van der Waals surface area contributed by atoms with Crippen molar-refractivity contribution < 1.29 is 4.79 Å². The summed E-state index contributed by atoms with van der Waals surface area (Å²) >= 11 is 5.99. The summed E-state index contributed by atoms with van der Waals surface area (Å²) in [6.07, 6.45) is 3.80. The smallest absolute Gasteiger partial charge is 0.255 e. The molecule has 1 aromatic rings. The number of halogens is 1. The maximum Gasteiger partial charge on any atom is 0.255 e. The first-order valence-electron chi connectivity index (χ1n) is 6.60. The fourth-order valence-corrected chi connectivity index (χ4v) is 2.71. The summed E-state index contributed by atoms with van der Waals surface area (Å²) in [6.45, 7) is 1.81. The van der Waals surface area contributed by atoms with E-state index in [-0.39, 0.29) is 5.91 Å². The van der Waals surface area contributed by atoms with Crippen LogP contribution in [0, 0.1) is 0 Å². The van der Waals surface area contributed by atoms with Crippen LogP contribution in [0.25, 0.3) is 0 Å². The summed E-state index contributed by atoms with van der Waals surface area (Å²) in [5.74, 6) is 5.55. The molecule has 0 aromatic carbocycles. The number of likely N-dealkylation sites (N-methyl/N-ethyl adjacent to an activating group) is 2. The highest BCUT2D eigenvalue weighted by Crippen LogP contribution is 2.20. The average Bonchev–Trinajstić information content (AvgIpc) is 2.83. The van der Waals surface area contributed by atoms with Gasteiger partial charge in [-0.05, 0) is 32.5 Å². The molecule has 1 amide bonds. The van der Waals surface area contributed by atoms with E-state index in [1.807, 2.05) is 0 Å². The number of carbonyl (C=O) groups excluding carboxylic acids is 1. The standard InChI is InChI=1S/C13H20ClN5O/c1-18-5-3-4-10(18)8-19(2)13(20)9-6-11(14)12(17-15)16-7-9/h6-7,10H,3-5,8,15H2,1-2H3,(H,16,17). The van der Waals surface area contributed by atoms with Crippen molar-refractivity contribution >= 4 is 23.3 Å². The Labute approximate surface area is 123 Å². The number of nitrogens with two attached hydrogens (primary N) is 1. The highest BCUT2D eigenvalue weighted by atomic mass is 35.5. The molecule has 20 heavy (non-hydrogen) atoms. The van der Waals surface area contributed by atoms with Crippen LogP contribution in [0.2, 0.25) is 5.02 Å². The number of hydrogen-bond donors (Lipinski definition) is 2. The fraction of sp³-hybridized carbons (Fsp3) is 0.538. The van der Waals surface area contributed by atoms with Crippen molar-refractivity contribution in [2.45, 2.75) is 18.9 Å². The van der Waals surface area contributed by atoms with Gasteiger partial charge in [0.1, 0.15) is 0 Å². The molecule has 7 heteroatoms. The van der Waals surface area contributed by atoms with Gasteiger partial charge in [0.25, 0.3) is 5.91 Å². The van der Waals surface area contributed by atoms with Crippen LogP contribution < -0.4 is 11.3 Å². The van der Waals surface area contributed by atoms with E-state index in [1.54, 1.807) is 18.0 Å². The van der Waals surface area contributed by atoms with Crippen LogP contribution in [0.1, 0.15) is 23.2 Å². The van der Waals surface area contributed by atoms with E-state index in [2.05, 4.69) is 22.4 Å². The largest absolute Gasteiger partial charge is 0.340 e. The highest BCUT2D eigenvalue weighted by molar-refractivity contribution is 6.33. The summed E-state index contributed by atoms with van der Waals surface area (Å²) in [5, 5.41) is 0.338. The third kappa shape index (κ3) is 3.20. The van der Waals surface area contributed by atoms with Crippen LogP contribution in [0.5, 0.6) is 0 Å². The van der Waals surface area contributed by atoms with Gasteiger partial charge in [-0.25, -0.2) is 10.8 Å². The molecule has 2 heterocycles. The number of hydrogen-bond acceptors (Lipinski definition) is 5. The molecule has 0 spiro atoms. The molecule has 1 atom stereocenters. The molecule has 1 fully saturated rings. The number of hydrazine groups is 1. The van der Waals surface area contributed by atoms with E-state index in [0.717, 1.165) is 13.0 Å². The molecule has 1 saturated heterocycles. The number of aromatic nitrogens is 1. The lowest BCUT2D eigenvalue weighted by Crippen LogP contribution is -2.39. The fourth-order valence-electron chi connectivity index (χ4n) is 2.49.